The van der Waals surface area contributed by atoms with E-state index < -0.39 is 127 Å². The van der Waals surface area contributed by atoms with Crippen LogP contribution in [0.25, 0.3) is 0 Å². The predicted octanol–water partition coefficient (Wildman–Crippen LogP) is -14.6. The molecule has 6 unspecified atom stereocenters. The second-order valence-corrected chi connectivity index (χ2v) is 12.7. The molecule has 0 rings (SSSR count). The van der Waals surface area contributed by atoms with Crippen molar-refractivity contribution in [2.75, 3.05) is 36.9 Å². The van der Waals surface area contributed by atoms with Crippen LogP contribution in [0.1, 0.15) is 38.5 Å². The van der Waals surface area contributed by atoms with Crippen LogP contribution in [0.2, 0.25) is 0 Å². The largest absolute Gasteiger partial charge is 3.00 e. The van der Waals surface area contributed by atoms with E-state index in [0.717, 1.165) is 0 Å². The number of rotatable bonds is 27. The molecule has 12 N–H and O–H groups in total. The van der Waals surface area contributed by atoms with Gasteiger partial charge >= 0.3 is 44.8 Å². The van der Waals surface area contributed by atoms with Crippen LogP contribution >= 0.6 is 37.9 Å². The molecule has 0 aliphatic carbocycles. The zero-order valence-electron chi connectivity index (χ0n) is 32.0. The summed E-state index contributed by atoms with van der Waals surface area (Å²) in [5.74, 6) is -13.0. The van der Waals surface area contributed by atoms with Crippen molar-refractivity contribution in [3.8, 4) is 0 Å². The maximum atomic E-state index is 11.5. The Morgan fingerprint density at radius 2 is 0.597 bits per heavy atom. The fourth-order valence-electron chi connectivity index (χ4n) is 3.44. The normalized spacial score (nSPS) is 12.7. The number of nitrogens with one attached hydrogen (secondary N) is 6. The third-order valence-corrected chi connectivity index (χ3v) is 7.77. The molecule has 0 heterocycles. The molecular formula is C30H45Au2N9O18S3. The van der Waals surface area contributed by atoms with Crippen molar-refractivity contribution in [3.63, 3.8) is 0 Å². The Labute approximate surface area is 400 Å². The Balaban J connectivity index is -0.000000258. The van der Waals surface area contributed by atoms with Gasteiger partial charge in [-0.1, -0.05) is 0 Å². The van der Waals surface area contributed by atoms with Gasteiger partial charge in [-0.25, -0.2) is 0 Å². The van der Waals surface area contributed by atoms with E-state index >= 15 is 0 Å². The number of nitrogens with two attached hydrogens (primary N) is 3. The molecule has 0 saturated carbocycles. The van der Waals surface area contributed by atoms with Crippen LogP contribution in [0.3, 0.4) is 0 Å². The third-order valence-electron chi connectivity index (χ3n) is 6.68. The number of hydrogen-bond donors (Lipinski definition) is 12. The van der Waals surface area contributed by atoms with E-state index in [1.54, 1.807) is 0 Å². The van der Waals surface area contributed by atoms with Gasteiger partial charge in [0.05, 0.1) is 55.5 Å². The van der Waals surface area contributed by atoms with Gasteiger partial charge in [0.2, 0.25) is 35.4 Å². The average Bonchev–Trinajstić information content (AvgIpc) is 3.18. The molecule has 32 heteroatoms. The SMILES string of the molecule is NC(CCC(=O)NC(CS)C(=O)NCC(=O)[O-])C(=O)[O-].NC(CCC(=O)NC(CS)C(=O)NCC(=O)[O-])C(=O)[O-].NC(CCC(=O)NC(CS)C(=O)NCC(=O)[O-])C(=O)[O-].[Au+3].[Au+3]. The van der Waals surface area contributed by atoms with Crippen molar-refractivity contribution in [2.45, 2.75) is 74.8 Å². The van der Waals surface area contributed by atoms with Crippen LogP contribution in [0.15, 0.2) is 0 Å². The van der Waals surface area contributed by atoms with E-state index in [-0.39, 0.29) is 101 Å². The third kappa shape index (κ3) is 36.7. The summed E-state index contributed by atoms with van der Waals surface area (Å²) in [4.78, 5) is 130. The standard InChI is InChI=1S/3C10H17N3O6S.2Au/c3*11-5(10(18)19)1-2-7(14)13-6(4-20)9(17)12-3-8(15)16;;/h3*5-6,20H,1-4,11H2,(H,12,17)(H,13,14)(H,15,16)(H,18,19);;/q;;;2*+3/p-6. The molecule has 0 spiro atoms. The van der Waals surface area contributed by atoms with Crippen LogP contribution in [-0.2, 0) is 102 Å². The molecular weight excluding hydrogens is 1260 g/mol. The molecule has 0 radical (unpaired) electrons. The molecule has 0 aromatic heterocycles. The fourth-order valence-corrected chi connectivity index (χ4v) is 4.21. The molecule has 0 saturated heterocycles. The zero-order valence-corrected chi connectivity index (χ0v) is 39.0. The topological polar surface area (TPSA) is 493 Å². The first-order valence-electron chi connectivity index (χ1n) is 16.9. The van der Waals surface area contributed by atoms with Gasteiger partial charge in [0.15, 0.2) is 0 Å². The van der Waals surface area contributed by atoms with E-state index in [0.29, 0.717) is 0 Å². The van der Waals surface area contributed by atoms with Gasteiger partial charge in [0, 0.05) is 54.6 Å². The molecule has 6 atom stereocenters. The number of carbonyl (C=O) groups is 12. The van der Waals surface area contributed by atoms with Crippen LogP contribution in [-0.4, -0.2) is 144 Å². The quantitative estimate of drug-likeness (QED) is 0.0268. The Morgan fingerprint density at radius 3 is 0.742 bits per heavy atom. The number of hydrogen-bond acceptors (Lipinski definition) is 24. The van der Waals surface area contributed by atoms with Crippen LogP contribution in [0.4, 0.5) is 0 Å². The van der Waals surface area contributed by atoms with Gasteiger partial charge in [0.25, 0.3) is 0 Å². The van der Waals surface area contributed by atoms with Crippen LogP contribution in [0.5, 0.6) is 0 Å². The van der Waals surface area contributed by atoms with Crippen molar-refractivity contribution in [3.05, 3.63) is 0 Å². The predicted molar refractivity (Wildman–Crippen MR) is 198 cm³/mol. The number of amides is 6. The van der Waals surface area contributed by atoms with Crippen molar-refractivity contribution in [1.82, 2.24) is 31.9 Å². The molecule has 0 aromatic rings. The average molecular weight is 1310 g/mol. The molecule has 6 amide bonds. The Bertz CT molecular complexity index is 1350. The van der Waals surface area contributed by atoms with E-state index in [1.807, 2.05) is 16.0 Å². The molecule has 62 heavy (non-hydrogen) atoms. The Hall–Kier alpha value is -3.95. The monoisotopic (exact) mass is 1310 g/mol. The second-order valence-electron chi connectivity index (χ2n) is 11.6. The molecule has 0 aliphatic heterocycles. The first kappa shape index (κ1) is 67.1. The second kappa shape index (κ2) is 38.7. The molecule has 0 fully saturated rings. The van der Waals surface area contributed by atoms with E-state index in [4.69, 9.17) is 17.2 Å². The summed E-state index contributed by atoms with van der Waals surface area (Å²) in [7, 11) is 0. The van der Waals surface area contributed by atoms with Gasteiger partial charge in [-0.2, -0.15) is 37.9 Å². The van der Waals surface area contributed by atoms with Gasteiger partial charge in [-0.05, 0) is 19.3 Å². The maximum Gasteiger partial charge on any atom is 3.00 e. The van der Waals surface area contributed by atoms with Gasteiger partial charge in [-0.3, -0.25) is 28.8 Å². The van der Waals surface area contributed by atoms with E-state index in [2.05, 4.69) is 53.8 Å². The first-order valence-corrected chi connectivity index (χ1v) is 18.7. The number of carboxylic acid groups (broad SMARTS) is 6. The summed E-state index contributed by atoms with van der Waals surface area (Å²) in [5, 5.41) is 74.4. The van der Waals surface area contributed by atoms with E-state index in [9.17, 15) is 88.2 Å². The fraction of sp³-hybridized carbons (Fsp3) is 0.600. The minimum absolute atomic E-state index is 0. The van der Waals surface area contributed by atoms with Crippen LogP contribution in [0, 0.1) is 0 Å². The first-order chi connectivity index (χ1) is 27.8. The minimum atomic E-state index is -1.48. The summed E-state index contributed by atoms with van der Waals surface area (Å²) in [5.41, 5.74) is 15.5. The summed E-state index contributed by atoms with van der Waals surface area (Å²) >= 11 is 11.5. The summed E-state index contributed by atoms with van der Waals surface area (Å²) in [6.45, 7) is -2.06. The van der Waals surface area contributed by atoms with Gasteiger partial charge in [-0.15, -0.1) is 0 Å². The van der Waals surface area contributed by atoms with Crippen molar-refractivity contribution in [2.24, 2.45) is 17.2 Å². The van der Waals surface area contributed by atoms with Crippen molar-refractivity contribution < 1.29 is 133 Å². The maximum absolute atomic E-state index is 11.5. The van der Waals surface area contributed by atoms with E-state index in [1.165, 1.54) is 0 Å². The molecule has 0 bridgehead atoms. The summed E-state index contributed by atoms with van der Waals surface area (Å²) in [6.07, 6.45) is -1.08. The minimum Gasteiger partial charge on any atom is -0.548 e. The summed E-state index contributed by atoms with van der Waals surface area (Å²) < 4.78 is 0. The Kier molecular flexibility index (Phi) is 41.9. The Morgan fingerprint density at radius 1 is 0.403 bits per heavy atom. The van der Waals surface area contributed by atoms with Crippen molar-refractivity contribution in [1.29, 1.82) is 0 Å². The summed E-state index contributed by atoms with van der Waals surface area (Å²) in [6, 6.07) is -6.94. The number of aliphatic carboxylic acids is 6. The zero-order chi connectivity index (χ0) is 47.1. The molecule has 27 nitrogen and oxygen atoms in total. The molecule has 358 valence electrons. The molecule has 0 aliphatic rings. The molecule has 0 aromatic carbocycles. The smallest absolute Gasteiger partial charge is 0.548 e. The van der Waals surface area contributed by atoms with Crippen molar-refractivity contribution >= 4 is 109 Å². The number of carbonyl (C=O) groups excluding carboxylic acids is 12. The van der Waals surface area contributed by atoms with Gasteiger partial charge < -0.3 is 109 Å². The van der Waals surface area contributed by atoms with Crippen LogP contribution < -0.4 is 79.7 Å². The van der Waals surface area contributed by atoms with Gasteiger partial charge in [0.1, 0.15) is 18.1 Å². The number of carboxylic acids is 6. The number of thiol groups is 3.